The number of pyridine rings is 1. The number of rotatable bonds is 11. The largest absolute Gasteiger partial charge is 1.00 e. The first-order valence-corrected chi connectivity index (χ1v) is 15.9. The fourth-order valence-electron chi connectivity index (χ4n) is 4.49. The molecule has 0 fully saturated rings. The van der Waals surface area contributed by atoms with Crippen molar-refractivity contribution < 1.29 is 49.9 Å². The van der Waals surface area contributed by atoms with E-state index in [9.17, 15) is 14.4 Å². The summed E-state index contributed by atoms with van der Waals surface area (Å²) in [4.78, 5) is 34.5. The first-order valence-electron chi connectivity index (χ1n) is 13.6. The molecule has 0 saturated carbocycles. The maximum Gasteiger partial charge on any atom is 1.00 e. The van der Waals surface area contributed by atoms with Gasteiger partial charge in [0.1, 0.15) is 12.1 Å². The van der Waals surface area contributed by atoms with E-state index in [1.165, 1.54) is 6.33 Å². The van der Waals surface area contributed by atoms with Gasteiger partial charge in [-0.1, -0.05) is 55.9 Å². The standard InChI is InChI=1S/C31H33N6O4PS.Na.H/c1-20(2)26-15-14-25-29(35-26)33-19-34-30(25)36-27-17-23(11-16-28(27)43-24-12-9-22(32)10-13-24)37-31(3,18-41-42(38,39)40)21-7-5-4-6-8-21;;/h4-17,19-20,37H,18,32H2,1-3H3,(H2,38,39,40)(H,33,34,35,36);;/q;+1;-1. The van der Waals surface area contributed by atoms with Gasteiger partial charge in [-0.2, -0.15) is 0 Å². The number of aromatic nitrogens is 3. The molecule has 6 N–H and O–H groups in total. The fraction of sp³-hybridized carbons (Fsp3) is 0.194. The van der Waals surface area contributed by atoms with Crippen LogP contribution in [-0.4, -0.2) is 31.3 Å². The number of nitrogens with zero attached hydrogens (tertiary/aromatic N) is 3. The SMILES string of the molecule is CC(C)c1ccc2c(Nc3cc(NC(C)(COP(=O)(O)O)c4ccccc4)ccc3Sc3ccc(N)cc3)ncnc2n1.[H-].[Na+]. The molecule has 5 rings (SSSR count). The van der Waals surface area contributed by atoms with Gasteiger partial charge < -0.3 is 27.6 Å². The van der Waals surface area contributed by atoms with E-state index >= 15 is 0 Å². The van der Waals surface area contributed by atoms with Crippen LogP contribution in [0.4, 0.5) is 22.9 Å². The Morgan fingerprint density at radius 2 is 1.75 bits per heavy atom. The van der Waals surface area contributed by atoms with Gasteiger partial charge in [0.2, 0.25) is 0 Å². The number of nitrogens with one attached hydrogen (secondary N) is 2. The van der Waals surface area contributed by atoms with E-state index in [-0.39, 0.29) is 43.5 Å². The molecule has 44 heavy (non-hydrogen) atoms. The molecule has 0 saturated heterocycles. The van der Waals surface area contributed by atoms with Gasteiger partial charge in [0, 0.05) is 26.9 Å². The molecule has 5 aromatic rings. The van der Waals surface area contributed by atoms with Crippen LogP contribution in [-0.2, 0) is 14.6 Å². The number of fused-ring (bicyclic) bond motifs is 1. The Morgan fingerprint density at radius 1 is 1.02 bits per heavy atom. The van der Waals surface area contributed by atoms with Crippen LogP contribution in [0.1, 0.15) is 39.4 Å². The van der Waals surface area contributed by atoms with E-state index in [0.29, 0.717) is 22.8 Å². The van der Waals surface area contributed by atoms with Crippen LogP contribution in [0, 0.1) is 0 Å². The van der Waals surface area contributed by atoms with Gasteiger partial charge in [0.05, 0.1) is 23.2 Å². The van der Waals surface area contributed by atoms with Crippen molar-refractivity contribution in [1.29, 1.82) is 0 Å². The van der Waals surface area contributed by atoms with Gasteiger partial charge in [-0.25, -0.2) is 19.5 Å². The summed E-state index contributed by atoms with van der Waals surface area (Å²) >= 11 is 1.56. The van der Waals surface area contributed by atoms with Gasteiger partial charge >= 0.3 is 37.4 Å². The molecule has 10 nitrogen and oxygen atoms in total. The predicted octanol–water partition coefficient (Wildman–Crippen LogP) is 4.18. The summed E-state index contributed by atoms with van der Waals surface area (Å²) < 4.78 is 16.6. The van der Waals surface area contributed by atoms with Crippen LogP contribution in [0.15, 0.2) is 101 Å². The summed E-state index contributed by atoms with van der Waals surface area (Å²) in [5.74, 6) is 0.856. The molecule has 0 spiro atoms. The first-order chi connectivity index (χ1) is 20.5. The Morgan fingerprint density at radius 3 is 2.43 bits per heavy atom. The maximum atomic E-state index is 11.6. The average molecular weight is 641 g/mol. The number of benzene rings is 3. The number of anilines is 4. The zero-order valence-corrected chi connectivity index (χ0v) is 28.6. The average Bonchev–Trinajstić information content (AvgIpc) is 2.98. The molecule has 1 atom stereocenters. The Bertz CT molecular complexity index is 1780. The Hall–Kier alpha value is -2.99. The Labute approximate surface area is 284 Å². The minimum absolute atomic E-state index is 0. The molecule has 13 heteroatoms. The molecule has 0 radical (unpaired) electrons. The molecule has 0 bridgehead atoms. The van der Waals surface area contributed by atoms with Gasteiger partial charge in [-0.05, 0) is 73.0 Å². The van der Waals surface area contributed by atoms with E-state index in [1.807, 2.05) is 91.9 Å². The van der Waals surface area contributed by atoms with Crippen molar-refractivity contribution in [3.63, 3.8) is 0 Å². The molecule has 224 valence electrons. The second-order valence-electron chi connectivity index (χ2n) is 10.6. The molecular weight excluding hydrogens is 606 g/mol. The number of nitrogens with two attached hydrogens (primary N) is 1. The van der Waals surface area contributed by atoms with Gasteiger partial charge in [0.25, 0.3) is 0 Å². The third-order valence-corrected chi connectivity index (χ3v) is 8.35. The minimum atomic E-state index is -4.71. The Kier molecular flexibility index (Phi) is 11.1. The van der Waals surface area contributed by atoms with E-state index in [4.69, 9.17) is 15.2 Å². The van der Waals surface area contributed by atoms with Crippen LogP contribution in [0.3, 0.4) is 0 Å². The third kappa shape index (κ3) is 8.59. The second kappa shape index (κ2) is 14.4. The summed E-state index contributed by atoms with van der Waals surface area (Å²) in [6.45, 7) is 5.73. The van der Waals surface area contributed by atoms with Gasteiger partial charge in [-0.15, -0.1) is 0 Å². The van der Waals surface area contributed by atoms with E-state index < -0.39 is 13.4 Å². The second-order valence-corrected chi connectivity index (χ2v) is 12.9. The Balaban J connectivity index is 0.00000276. The van der Waals surface area contributed by atoms with Crippen molar-refractivity contribution in [2.75, 3.05) is 23.0 Å². The molecule has 2 aromatic heterocycles. The van der Waals surface area contributed by atoms with Crippen molar-refractivity contribution in [3.05, 3.63) is 103 Å². The van der Waals surface area contributed by atoms with Crippen molar-refractivity contribution in [3.8, 4) is 0 Å². The topological polar surface area (TPSA) is 156 Å². The summed E-state index contributed by atoms with van der Waals surface area (Å²) in [5.41, 5.74) is 9.41. The molecule has 2 heterocycles. The third-order valence-electron chi connectivity index (χ3n) is 6.80. The van der Waals surface area contributed by atoms with E-state index in [2.05, 4.69) is 34.4 Å². The van der Waals surface area contributed by atoms with Crippen LogP contribution < -0.4 is 45.9 Å². The first kappa shape index (κ1) is 33.9. The van der Waals surface area contributed by atoms with E-state index in [0.717, 1.165) is 32.1 Å². The summed E-state index contributed by atoms with van der Waals surface area (Å²) in [6, 6.07) is 26.8. The number of phosphoric ester groups is 1. The van der Waals surface area contributed by atoms with Crippen molar-refractivity contribution in [2.45, 2.75) is 42.0 Å². The number of hydrogen-bond donors (Lipinski definition) is 5. The minimum Gasteiger partial charge on any atom is -1.00 e. The van der Waals surface area contributed by atoms with Crippen LogP contribution in [0.5, 0.6) is 0 Å². The molecule has 3 aromatic carbocycles. The number of hydrogen-bond acceptors (Lipinski definition) is 9. The molecule has 0 aliphatic rings. The van der Waals surface area contributed by atoms with Crippen LogP contribution in [0.2, 0.25) is 0 Å². The fourth-order valence-corrected chi connectivity index (χ4v) is 5.80. The molecule has 0 amide bonds. The molecule has 1 unspecified atom stereocenters. The van der Waals surface area contributed by atoms with Crippen molar-refractivity contribution in [1.82, 2.24) is 15.0 Å². The zero-order valence-electron chi connectivity index (χ0n) is 25.9. The quantitative estimate of drug-likeness (QED) is 0.0802. The zero-order chi connectivity index (χ0) is 30.6. The van der Waals surface area contributed by atoms with Gasteiger partial charge in [0.15, 0.2) is 5.65 Å². The summed E-state index contributed by atoms with van der Waals surface area (Å²) in [7, 11) is -4.71. The predicted molar refractivity (Wildman–Crippen MR) is 173 cm³/mol. The van der Waals surface area contributed by atoms with E-state index in [1.54, 1.807) is 11.8 Å². The molecule has 0 aliphatic carbocycles. The summed E-state index contributed by atoms with van der Waals surface area (Å²) in [6.07, 6.45) is 1.49. The van der Waals surface area contributed by atoms with Gasteiger partial charge in [-0.3, -0.25) is 4.52 Å². The maximum absolute atomic E-state index is 11.6. The van der Waals surface area contributed by atoms with Crippen molar-refractivity contribution >= 4 is 53.5 Å². The number of nitrogen functional groups attached to an aromatic ring is 1. The molecule has 0 aliphatic heterocycles. The van der Waals surface area contributed by atoms with Crippen LogP contribution in [0.25, 0.3) is 11.0 Å². The summed E-state index contributed by atoms with van der Waals surface area (Å²) in [5, 5.41) is 7.71. The smallest absolute Gasteiger partial charge is 1.00 e. The monoisotopic (exact) mass is 640 g/mol. The van der Waals surface area contributed by atoms with Crippen LogP contribution >= 0.6 is 19.6 Å². The van der Waals surface area contributed by atoms with Crippen molar-refractivity contribution in [2.24, 2.45) is 0 Å². The number of phosphoric acid groups is 1. The normalized spacial score (nSPS) is 12.9. The molecular formula is C31H34N6NaO4PS.